The van der Waals surface area contributed by atoms with E-state index in [4.69, 9.17) is 5.73 Å². The highest BCUT2D eigenvalue weighted by atomic mass is 32.2. The number of benzene rings is 9. The minimum atomic E-state index is -0.466. The SMILES string of the molecule is Nc1ccc(-c2cccc3c2-c2cc(-c4c5ccccc5c(-c5ccccc5)c5ccccc45)ccc2C32c3ccccc3Sc3ccccc32)cc1. The molecule has 0 bridgehead atoms. The van der Waals surface area contributed by atoms with Gasteiger partial charge in [0, 0.05) is 15.5 Å². The smallest absolute Gasteiger partial charge is 0.0735 e. The van der Waals surface area contributed by atoms with Crippen molar-refractivity contribution >= 4 is 39.0 Å². The number of nitrogen functional groups attached to an aromatic ring is 1. The Labute approximate surface area is 313 Å². The van der Waals surface area contributed by atoms with Gasteiger partial charge in [0.1, 0.15) is 0 Å². The molecule has 0 aromatic heterocycles. The predicted molar refractivity (Wildman–Crippen MR) is 224 cm³/mol. The van der Waals surface area contributed by atoms with Crippen LogP contribution in [0.5, 0.6) is 0 Å². The zero-order valence-electron chi connectivity index (χ0n) is 28.9. The van der Waals surface area contributed by atoms with E-state index in [2.05, 4.69) is 176 Å². The molecule has 1 aliphatic heterocycles. The molecule has 0 amide bonds. The normalized spacial score (nSPS) is 13.4. The molecule has 2 aliphatic rings. The van der Waals surface area contributed by atoms with Crippen LogP contribution in [-0.2, 0) is 5.41 Å². The van der Waals surface area contributed by atoms with E-state index in [1.165, 1.54) is 98.1 Å². The second-order valence-corrected chi connectivity index (χ2v) is 15.2. The van der Waals surface area contributed by atoms with Crippen LogP contribution in [0.4, 0.5) is 5.69 Å². The summed E-state index contributed by atoms with van der Waals surface area (Å²) in [6, 6.07) is 69.4. The first kappa shape index (κ1) is 30.3. The molecule has 11 rings (SSSR count). The van der Waals surface area contributed by atoms with Gasteiger partial charge >= 0.3 is 0 Å². The molecule has 0 atom stereocenters. The molecule has 0 unspecified atom stereocenters. The van der Waals surface area contributed by atoms with E-state index in [1.807, 2.05) is 23.9 Å². The van der Waals surface area contributed by atoms with E-state index in [0.717, 1.165) is 5.69 Å². The summed E-state index contributed by atoms with van der Waals surface area (Å²) in [6.07, 6.45) is 0. The Hall–Kier alpha value is -6.35. The first-order chi connectivity index (χ1) is 26.2. The first-order valence-electron chi connectivity index (χ1n) is 18.2. The van der Waals surface area contributed by atoms with E-state index < -0.39 is 5.41 Å². The average Bonchev–Trinajstić information content (AvgIpc) is 3.50. The van der Waals surface area contributed by atoms with E-state index >= 15 is 0 Å². The Balaban J connectivity index is 1.27. The van der Waals surface area contributed by atoms with Crippen LogP contribution >= 0.6 is 11.8 Å². The van der Waals surface area contributed by atoms with Crippen molar-refractivity contribution in [1.82, 2.24) is 0 Å². The summed E-state index contributed by atoms with van der Waals surface area (Å²) in [5.74, 6) is 0. The van der Waals surface area contributed by atoms with Crippen molar-refractivity contribution in [2.24, 2.45) is 0 Å². The number of hydrogen-bond acceptors (Lipinski definition) is 2. The van der Waals surface area contributed by atoms with E-state index in [0.29, 0.717) is 0 Å². The minimum absolute atomic E-state index is 0.466. The molecule has 2 heteroatoms. The number of rotatable bonds is 3. The molecule has 248 valence electrons. The van der Waals surface area contributed by atoms with Gasteiger partial charge in [0.25, 0.3) is 0 Å². The lowest BCUT2D eigenvalue weighted by Gasteiger charge is -2.39. The molecule has 53 heavy (non-hydrogen) atoms. The van der Waals surface area contributed by atoms with Gasteiger partial charge in [-0.15, -0.1) is 0 Å². The van der Waals surface area contributed by atoms with Crippen molar-refractivity contribution in [2.45, 2.75) is 15.2 Å². The molecular weight excluding hydrogens is 659 g/mol. The Morgan fingerprint density at radius 1 is 0.340 bits per heavy atom. The number of hydrogen-bond donors (Lipinski definition) is 1. The van der Waals surface area contributed by atoms with E-state index in [-0.39, 0.29) is 0 Å². The van der Waals surface area contributed by atoms with Gasteiger partial charge in [0.05, 0.1) is 5.41 Å². The summed E-state index contributed by atoms with van der Waals surface area (Å²) < 4.78 is 0. The van der Waals surface area contributed by atoms with Crippen molar-refractivity contribution in [2.75, 3.05) is 5.73 Å². The summed E-state index contributed by atoms with van der Waals surface area (Å²) >= 11 is 1.88. The lowest BCUT2D eigenvalue weighted by Crippen LogP contribution is -2.31. The van der Waals surface area contributed by atoms with Crippen molar-refractivity contribution in [3.63, 3.8) is 0 Å². The Kier molecular flexibility index (Phi) is 6.62. The summed E-state index contributed by atoms with van der Waals surface area (Å²) in [7, 11) is 0. The van der Waals surface area contributed by atoms with Crippen molar-refractivity contribution < 1.29 is 0 Å². The van der Waals surface area contributed by atoms with Crippen LogP contribution in [0.2, 0.25) is 0 Å². The standard InChI is InChI=1S/C51H33NS/c52-35-28-25-32(26-29-35)36-19-12-22-45-50(36)41-31-34(27-30-42(41)51(45)43-20-8-10-23-46(43)53-47-24-11-9-21-44(47)51)49-39-17-6-4-15-37(39)48(33-13-2-1-3-14-33)38-16-5-7-18-40(38)49/h1-31H,52H2. The van der Waals surface area contributed by atoms with Gasteiger partial charge in [-0.25, -0.2) is 0 Å². The minimum Gasteiger partial charge on any atom is -0.399 e. The fourth-order valence-electron chi connectivity index (χ4n) is 9.37. The molecular formula is C51H33NS. The third-order valence-corrected chi connectivity index (χ3v) is 12.6. The highest BCUT2D eigenvalue weighted by Gasteiger charge is 2.50. The molecule has 2 N–H and O–H groups in total. The topological polar surface area (TPSA) is 26.0 Å². The molecule has 1 nitrogen and oxygen atoms in total. The molecule has 1 spiro atoms. The molecule has 9 aromatic rings. The van der Waals surface area contributed by atoms with Gasteiger partial charge in [-0.05, 0) is 119 Å². The molecule has 0 fully saturated rings. The molecule has 9 aromatic carbocycles. The van der Waals surface area contributed by atoms with Gasteiger partial charge in [0.2, 0.25) is 0 Å². The maximum Gasteiger partial charge on any atom is 0.0735 e. The van der Waals surface area contributed by atoms with Crippen molar-refractivity contribution in [1.29, 1.82) is 0 Å². The molecule has 0 radical (unpaired) electrons. The number of nitrogens with two attached hydrogens (primary N) is 1. The third-order valence-electron chi connectivity index (χ3n) is 11.5. The van der Waals surface area contributed by atoms with Crippen molar-refractivity contribution in [3.8, 4) is 44.5 Å². The average molecular weight is 692 g/mol. The van der Waals surface area contributed by atoms with Crippen LogP contribution < -0.4 is 5.73 Å². The summed E-state index contributed by atoms with van der Waals surface area (Å²) in [5, 5.41) is 5.04. The van der Waals surface area contributed by atoms with Crippen LogP contribution in [0, 0.1) is 0 Å². The summed E-state index contributed by atoms with van der Waals surface area (Å²) in [5.41, 5.74) is 21.8. The second kappa shape index (κ2) is 11.6. The lowest BCUT2D eigenvalue weighted by molar-refractivity contribution is 0.722. The van der Waals surface area contributed by atoms with Crippen LogP contribution in [0.3, 0.4) is 0 Å². The molecule has 1 heterocycles. The number of fused-ring (bicyclic) bond motifs is 11. The Morgan fingerprint density at radius 2 is 0.849 bits per heavy atom. The van der Waals surface area contributed by atoms with Crippen LogP contribution in [-0.4, -0.2) is 0 Å². The third kappa shape index (κ3) is 4.27. The fraction of sp³-hybridized carbons (Fsp3) is 0.0196. The largest absolute Gasteiger partial charge is 0.399 e. The maximum absolute atomic E-state index is 6.23. The van der Waals surface area contributed by atoms with Crippen LogP contribution in [0.25, 0.3) is 66.1 Å². The van der Waals surface area contributed by atoms with Gasteiger partial charge in [0.15, 0.2) is 0 Å². The highest BCUT2D eigenvalue weighted by Crippen LogP contribution is 2.64. The summed E-state index contributed by atoms with van der Waals surface area (Å²) in [6.45, 7) is 0. The Morgan fingerprint density at radius 3 is 1.47 bits per heavy atom. The monoisotopic (exact) mass is 691 g/mol. The van der Waals surface area contributed by atoms with Gasteiger partial charge in [-0.1, -0.05) is 169 Å². The lowest BCUT2D eigenvalue weighted by atomic mass is 9.67. The highest BCUT2D eigenvalue weighted by molar-refractivity contribution is 7.99. The quantitative estimate of drug-likeness (QED) is 0.147. The van der Waals surface area contributed by atoms with Crippen LogP contribution in [0.1, 0.15) is 22.3 Å². The molecule has 0 saturated carbocycles. The Bertz CT molecular complexity index is 2820. The maximum atomic E-state index is 6.23. The second-order valence-electron chi connectivity index (χ2n) is 14.2. The first-order valence-corrected chi connectivity index (χ1v) is 19.0. The summed E-state index contributed by atoms with van der Waals surface area (Å²) in [4.78, 5) is 2.61. The van der Waals surface area contributed by atoms with Crippen molar-refractivity contribution in [3.05, 3.63) is 210 Å². The van der Waals surface area contributed by atoms with E-state index in [9.17, 15) is 0 Å². The zero-order valence-corrected chi connectivity index (χ0v) is 29.7. The zero-order chi connectivity index (χ0) is 35.1. The number of anilines is 1. The van der Waals surface area contributed by atoms with Gasteiger partial charge in [-0.2, -0.15) is 0 Å². The van der Waals surface area contributed by atoms with Gasteiger partial charge in [-0.3, -0.25) is 0 Å². The van der Waals surface area contributed by atoms with Crippen LogP contribution in [0.15, 0.2) is 198 Å². The van der Waals surface area contributed by atoms with E-state index in [1.54, 1.807) is 0 Å². The molecule has 0 saturated heterocycles. The fourth-order valence-corrected chi connectivity index (χ4v) is 10.6. The van der Waals surface area contributed by atoms with Gasteiger partial charge < -0.3 is 5.73 Å². The molecule has 1 aliphatic carbocycles. The predicted octanol–water partition coefficient (Wildman–Crippen LogP) is 13.4.